The number of nitrogens with zero attached hydrogens (tertiary/aromatic N) is 4. The summed E-state index contributed by atoms with van der Waals surface area (Å²) >= 11 is 1.84. The van der Waals surface area contributed by atoms with Crippen molar-refractivity contribution < 1.29 is 4.79 Å². The van der Waals surface area contributed by atoms with Gasteiger partial charge in [0.15, 0.2) is 0 Å². The number of thioether (sulfide) groups is 1. The third-order valence-electron chi connectivity index (χ3n) is 4.41. The number of hydrogen-bond donors (Lipinski definition) is 0. The van der Waals surface area contributed by atoms with Gasteiger partial charge in [0.2, 0.25) is 5.91 Å². The van der Waals surface area contributed by atoms with E-state index in [1.54, 1.807) is 0 Å². The number of hydrogen-bond acceptors (Lipinski definition) is 5. The van der Waals surface area contributed by atoms with Gasteiger partial charge in [0.25, 0.3) is 0 Å². The highest BCUT2D eigenvalue weighted by Gasteiger charge is 2.33. The molecule has 5 nitrogen and oxygen atoms in total. The molecule has 1 amide bonds. The summed E-state index contributed by atoms with van der Waals surface area (Å²) in [6.07, 6.45) is 0. The van der Waals surface area contributed by atoms with Gasteiger partial charge in [-0.1, -0.05) is 0 Å². The molecule has 2 aliphatic rings. The molecule has 0 aliphatic carbocycles. The zero-order chi connectivity index (χ0) is 15.7. The van der Waals surface area contributed by atoms with E-state index >= 15 is 0 Å². The Morgan fingerprint density at radius 2 is 1.82 bits per heavy atom. The number of rotatable bonds is 2. The Morgan fingerprint density at radius 1 is 1.18 bits per heavy atom. The van der Waals surface area contributed by atoms with Gasteiger partial charge < -0.3 is 9.80 Å². The Bertz CT molecular complexity index is 537. The standard InChI is InChI=1S/C16H24N4OS/c1-12-8-14(9-13(2)17-12)19-4-6-20(7-5-19)16(21)15-10-22-11-18(15)3/h8-9,15H,4-7,10-11H2,1-3H3/t15-/m0/s1. The van der Waals surface area contributed by atoms with Crippen LogP contribution in [0.2, 0.25) is 0 Å². The van der Waals surface area contributed by atoms with Crippen molar-refractivity contribution in [2.75, 3.05) is 49.8 Å². The van der Waals surface area contributed by atoms with Gasteiger partial charge in [-0.05, 0) is 33.0 Å². The summed E-state index contributed by atoms with van der Waals surface area (Å²) in [6.45, 7) is 7.49. The number of anilines is 1. The van der Waals surface area contributed by atoms with E-state index < -0.39 is 0 Å². The van der Waals surface area contributed by atoms with Crippen LogP contribution in [0.25, 0.3) is 0 Å². The van der Waals surface area contributed by atoms with Gasteiger partial charge in [0.1, 0.15) is 0 Å². The average molecular weight is 320 g/mol. The lowest BCUT2D eigenvalue weighted by Crippen LogP contribution is -2.53. The third kappa shape index (κ3) is 3.22. The van der Waals surface area contributed by atoms with E-state index in [-0.39, 0.29) is 6.04 Å². The maximum atomic E-state index is 12.6. The molecule has 1 aromatic rings. The molecule has 3 heterocycles. The predicted octanol–water partition coefficient (Wildman–Crippen LogP) is 1.35. The summed E-state index contributed by atoms with van der Waals surface area (Å²) in [5.74, 6) is 2.19. The Labute approximate surface area is 136 Å². The molecule has 120 valence electrons. The fraction of sp³-hybridized carbons (Fsp3) is 0.625. The molecule has 0 unspecified atom stereocenters. The molecular weight excluding hydrogens is 296 g/mol. The van der Waals surface area contributed by atoms with Crippen LogP contribution in [0.3, 0.4) is 0 Å². The Balaban J connectivity index is 1.61. The summed E-state index contributed by atoms with van der Waals surface area (Å²) in [5, 5.41) is 0. The Hall–Kier alpha value is -1.27. The highest BCUT2D eigenvalue weighted by atomic mass is 32.2. The smallest absolute Gasteiger partial charge is 0.240 e. The van der Waals surface area contributed by atoms with Crippen LogP contribution in [-0.2, 0) is 4.79 Å². The monoisotopic (exact) mass is 320 g/mol. The van der Waals surface area contributed by atoms with Gasteiger partial charge in [0, 0.05) is 54.9 Å². The lowest BCUT2D eigenvalue weighted by atomic mass is 10.2. The number of pyridine rings is 1. The molecule has 6 heteroatoms. The molecule has 3 rings (SSSR count). The quantitative estimate of drug-likeness (QED) is 0.823. The number of likely N-dealkylation sites (N-methyl/N-ethyl adjacent to an activating group) is 1. The second-order valence-corrected chi connectivity index (χ2v) is 7.19. The van der Waals surface area contributed by atoms with Gasteiger partial charge in [-0.15, -0.1) is 11.8 Å². The molecule has 2 saturated heterocycles. The van der Waals surface area contributed by atoms with E-state index in [0.717, 1.165) is 49.2 Å². The van der Waals surface area contributed by atoms with E-state index in [1.807, 2.05) is 37.6 Å². The van der Waals surface area contributed by atoms with Crippen LogP contribution in [-0.4, -0.2) is 71.6 Å². The number of carbonyl (C=O) groups excluding carboxylic acids is 1. The summed E-state index contributed by atoms with van der Waals surface area (Å²) in [4.78, 5) is 23.6. The van der Waals surface area contributed by atoms with Crippen molar-refractivity contribution in [2.45, 2.75) is 19.9 Å². The van der Waals surface area contributed by atoms with Gasteiger partial charge in [-0.25, -0.2) is 0 Å². The number of piperazine rings is 1. The van der Waals surface area contributed by atoms with Gasteiger partial charge in [0.05, 0.1) is 6.04 Å². The van der Waals surface area contributed by atoms with Crippen LogP contribution >= 0.6 is 11.8 Å². The third-order valence-corrected chi connectivity index (χ3v) is 5.55. The predicted molar refractivity (Wildman–Crippen MR) is 91.4 cm³/mol. The number of carbonyl (C=O) groups is 1. The van der Waals surface area contributed by atoms with Gasteiger partial charge in [-0.3, -0.25) is 14.7 Å². The number of amides is 1. The lowest BCUT2D eigenvalue weighted by molar-refractivity contribution is -0.135. The minimum absolute atomic E-state index is 0.0713. The Kier molecular flexibility index (Phi) is 4.59. The van der Waals surface area contributed by atoms with Crippen molar-refractivity contribution in [1.82, 2.24) is 14.8 Å². The van der Waals surface area contributed by atoms with Crippen LogP contribution in [0.4, 0.5) is 5.69 Å². The zero-order valence-electron chi connectivity index (χ0n) is 13.6. The summed E-state index contributed by atoms with van der Waals surface area (Å²) in [5.41, 5.74) is 3.34. The van der Waals surface area contributed by atoms with E-state index in [4.69, 9.17) is 0 Å². The topological polar surface area (TPSA) is 39.7 Å². The second kappa shape index (κ2) is 6.46. The number of aryl methyl sites for hydroxylation is 2. The van der Waals surface area contributed by atoms with Crippen molar-refractivity contribution in [3.63, 3.8) is 0 Å². The number of aromatic nitrogens is 1. The highest BCUT2D eigenvalue weighted by molar-refractivity contribution is 7.99. The SMILES string of the molecule is Cc1cc(N2CCN(C(=O)[C@@H]3CSCN3C)CC2)cc(C)n1. The van der Waals surface area contributed by atoms with Crippen molar-refractivity contribution in [2.24, 2.45) is 0 Å². The zero-order valence-corrected chi connectivity index (χ0v) is 14.4. The molecule has 0 aromatic carbocycles. The van der Waals surface area contributed by atoms with Crippen LogP contribution in [0.1, 0.15) is 11.4 Å². The second-order valence-electron chi connectivity index (χ2n) is 6.19. The van der Waals surface area contributed by atoms with Crippen molar-refractivity contribution >= 4 is 23.4 Å². The molecule has 0 bridgehead atoms. The maximum absolute atomic E-state index is 12.6. The first kappa shape index (κ1) is 15.6. The van der Waals surface area contributed by atoms with Crippen molar-refractivity contribution in [3.05, 3.63) is 23.5 Å². The first-order chi connectivity index (χ1) is 10.5. The van der Waals surface area contributed by atoms with Crippen LogP contribution in [0.15, 0.2) is 12.1 Å². The minimum Gasteiger partial charge on any atom is -0.368 e. The van der Waals surface area contributed by atoms with Crippen molar-refractivity contribution in [1.29, 1.82) is 0 Å². The van der Waals surface area contributed by atoms with Crippen LogP contribution < -0.4 is 4.90 Å². The van der Waals surface area contributed by atoms with E-state index in [0.29, 0.717) is 5.91 Å². The molecule has 0 spiro atoms. The first-order valence-electron chi connectivity index (χ1n) is 7.81. The largest absolute Gasteiger partial charge is 0.368 e. The van der Waals surface area contributed by atoms with Gasteiger partial charge in [-0.2, -0.15) is 0 Å². The fourth-order valence-corrected chi connectivity index (χ4v) is 4.37. The fourth-order valence-electron chi connectivity index (χ4n) is 3.18. The molecule has 1 atom stereocenters. The lowest BCUT2D eigenvalue weighted by Gasteiger charge is -2.38. The molecule has 1 aromatic heterocycles. The highest BCUT2D eigenvalue weighted by Crippen LogP contribution is 2.22. The van der Waals surface area contributed by atoms with Crippen LogP contribution in [0, 0.1) is 13.8 Å². The summed E-state index contributed by atoms with van der Waals surface area (Å²) < 4.78 is 0. The maximum Gasteiger partial charge on any atom is 0.240 e. The normalized spacial score (nSPS) is 23.1. The summed E-state index contributed by atoms with van der Waals surface area (Å²) in [7, 11) is 2.04. The molecule has 22 heavy (non-hydrogen) atoms. The molecule has 2 fully saturated rings. The summed E-state index contributed by atoms with van der Waals surface area (Å²) in [6, 6.07) is 4.33. The average Bonchev–Trinajstić information content (AvgIpc) is 2.92. The Morgan fingerprint density at radius 3 is 2.36 bits per heavy atom. The van der Waals surface area contributed by atoms with Crippen molar-refractivity contribution in [3.8, 4) is 0 Å². The van der Waals surface area contributed by atoms with Gasteiger partial charge >= 0.3 is 0 Å². The minimum atomic E-state index is 0.0713. The van der Waals surface area contributed by atoms with Crippen LogP contribution in [0.5, 0.6) is 0 Å². The van der Waals surface area contributed by atoms with E-state index in [1.165, 1.54) is 5.69 Å². The molecule has 0 saturated carbocycles. The molecule has 0 N–H and O–H groups in total. The van der Waals surface area contributed by atoms with E-state index in [9.17, 15) is 4.79 Å². The molecular formula is C16H24N4OS. The van der Waals surface area contributed by atoms with E-state index in [2.05, 4.69) is 26.9 Å². The first-order valence-corrected chi connectivity index (χ1v) is 8.97. The molecule has 0 radical (unpaired) electrons. The molecule has 2 aliphatic heterocycles.